The summed E-state index contributed by atoms with van der Waals surface area (Å²) in [5, 5.41) is 15.3. The second-order valence-electron chi connectivity index (χ2n) is 7.57. The highest BCUT2D eigenvalue weighted by Crippen LogP contribution is 2.25. The van der Waals surface area contributed by atoms with Gasteiger partial charge in [0.05, 0.1) is 18.8 Å². The molecule has 3 aromatic rings. The van der Waals surface area contributed by atoms with Crippen molar-refractivity contribution < 1.29 is 4.42 Å². The molecule has 0 aromatic carbocycles. The number of guanidine groups is 1. The maximum atomic E-state index is 5.71. The zero-order valence-electron chi connectivity index (χ0n) is 17.6. The van der Waals surface area contributed by atoms with Gasteiger partial charge in [0.15, 0.2) is 11.6 Å². The van der Waals surface area contributed by atoms with Crippen LogP contribution in [-0.2, 0) is 6.42 Å². The first kappa shape index (κ1) is 20.4. The van der Waals surface area contributed by atoms with Crippen LogP contribution in [0.25, 0.3) is 5.65 Å². The van der Waals surface area contributed by atoms with E-state index in [0.717, 1.165) is 62.2 Å². The van der Waals surface area contributed by atoms with Gasteiger partial charge in [0.1, 0.15) is 11.6 Å². The summed E-state index contributed by atoms with van der Waals surface area (Å²) in [6, 6.07) is 10.2. The fourth-order valence-corrected chi connectivity index (χ4v) is 3.95. The topological polar surface area (TPSA) is 83.0 Å². The lowest BCUT2D eigenvalue weighted by Gasteiger charge is -2.24. The van der Waals surface area contributed by atoms with E-state index >= 15 is 0 Å². The number of nitrogens with one attached hydrogen (secondary N) is 2. The number of hydrogen-bond donors (Lipinski definition) is 2. The quantitative estimate of drug-likeness (QED) is 0.321. The van der Waals surface area contributed by atoms with Gasteiger partial charge in [-0.15, -0.1) is 10.2 Å². The van der Waals surface area contributed by atoms with Crippen molar-refractivity contribution in [2.75, 3.05) is 32.7 Å². The van der Waals surface area contributed by atoms with Gasteiger partial charge in [0.2, 0.25) is 0 Å². The van der Waals surface area contributed by atoms with Crippen molar-refractivity contribution in [3.8, 4) is 0 Å². The highest BCUT2D eigenvalue weighted by molar-refractivity contribution is 5.79. The molecule has 4 rings (SSSR count). The van der Waals surface area contributed by atoms with Crippen LogP contribution in [0.15, 0.2) is 52.2 Å². The summed E-state index contributed by atoms with van der Waals surface area (Å²) >= 11 is 0. The lowest BCUT2D eigenvalue weighted by Crippen LogP contribution is -2.39. The molecule has 160 valence electrons. The summed E-state index contributed by atoms with van der Waals surface area (Å²) < 4.78 is 7.75. The van der Waals surface area contributed by atoms with Crippen molar-refractivity contribution in [3.63, 3.8) is 0 Å². The number of nitrogens with zero attached hydrogens (tertiary/aromatic N) is 5. The number of likely N-dealkylation sites (tertiary alicyclic amines) is 1. The number of furan rings is 1. The normalized spacial score (nSPS) is 16.2. The van der Waals surface area contributed by atoms with E-state index < -0.39 is 0 Å². The minimum absolute atomic E-state index is 0.195. The number of pyridine rings is 1. The number of aromatic nitrogens is 3. The van der Waals surface area contributed by atoms with Gasteiger partial charge in [0.25, 0.3) is 0 Å². The van der Waals surface area contributed by atoms with Crippen molar-refractivity contribution in [1.82, 2.24) is 30.1 Å². The van der Waals surface area contributed by atoms with Crippen molar-refractivity contribution in [2.45, 2.75) is 38.6 Å². The molecule has 3 aromatic heterocycles. The monoisotopic (exact) mass is 409 g/mol. The minimum Gasteiger partial charge on any atom is -0.468 e. The van der Waals surface area contributed by atoms with Crippen LogP contribution in [0.3, 0.4) is 0 Å². The van der Waals surface area contributed by atoms with Crippen LogP contribution in [0.1, 0.15) is 43.8 Å². The largest absolute Gasteiger partial charge is 0.468 e. The fraction of sp³-hybridized carbons (Fsp3) is 0.500. The number of hydrogen-bond acceptors (Lipinski definition) is 5. The first-order valence-electron chi connectivity index (χ1n) is 10.9. The summed E-state index contributed by atoms with van der Waals surface area (Å²) in [5.74, 6) is 2.83. The molecule has 1 saturated heterocycles. The molecule has 30 heavy (non-hydrogen) atoms. The molecule has 0 bridgehead atoms. The second kappa shape index (κ2) is 10.2. The van der Waals surface area contributed by atoms with E-state index in [1.165, 1.54) is 12.8 Å². The molecule has 0 aliphatic carbocycles. The molecular formula is C22H31N7O. The summed E-state index contributed by atoms with van der Waals surface area (Å²) in [6.07, 6.45) is 8.07. The number of fused-ring (bicyclic) bond motifs is 1. The summed E-state index contributed by atoms with van der Waals surface area (Å²) in [6.45, 7) is 6.63. The molecule has 0 amide bonds. The maximum Gasteiger partial charge on any atom is 0.191 e. The summed E-state index contributed by atoms with van der Waals surface area (Å²) in [4.78, 5) is 7.33. The molecule has 1 aliphatic heterocycles. The maximum absolute atomic E-state index is 5.71. The predicted molar refractivity (Wildman–Crippen MR) is 118 cm³/mol. The Morgan fingerprint density at radius 3 is 2.87 bits per heavy atom. The number of rotatable bonds is 9. The van der Waals surface area contributed by atoms with Crippen LogP contribution >= 0.6 is 0 Å². The Labute approximate surface area is 177 Å². The van der Waals surface area contributed by atoms with Crippen LogP contribution in [0.5, 0.6) is 0 Å². The van der Waals surface area contributed by atoms with E-state index in [2.05, 4.69) is 38.7 Å². The zero-order valence-corrected chi connectivity index (χ0v) is 17.6. The average Bonchev–Trinajstić information content (AvgIpc) is 3.54. The lowest BCUT2D eigenvalue weighted by molar-refractivity contribution is 0.221. The van der Waals surface area contributed by atoms with Gasteiger partial charge in [-0.05, 0) is 63.5 Å². The Bertz CT molecular complexity index is 928. The molecule has 1 fully saturated rings. The van der Waals surface area contributed by atoms with Crippen LogP contribution in [-0.4, -0.2) is 58.2 Å². The minimum atomic E-state index is 0.195. The van der Waals surface area contributed by atoms with Crippen LogP contribution in [0, 0.1) is 0 Å². The second-order valence-corrected chi connectivity index (χ2v) is 7.57. The van der Waals surface area contributed by atoms with Gasteiger partial charge in [-0.3, -0.25) is 14.3 Å². The number of aryl methyl sites for hydroxylation is 1. The van der Waals surface area contributed by atoms with Crippen LogP contribution < -0.4 is 10.6 Å². The molecule has 0 saturated carbocycles. The third-order valence-corrected chi connectivity index (χ3v) is 5.47. The van der Waals surface area contributed by atoms with E-state index in [4.69, 9.17) is 9.41 Å². The van der Waals surface area contributed by atoms with Crippen LogP contribution in [0.4, 0.5) is 0 Å². The molecule has 0 radical (unpaired) electrons. The van der Waals surface area contributed by atoms with E-state index in [0.29, 0.717) is 6.54 Å². The Morgan fingerprint density at radius 2 is 2.07 bits per heavy atom. The Kier molecular flexibility index (Phi) is 6.97. The van der Waals surface area contributed by atoms with Gasteiger partial charge in [-0.2, -0.15) is 0 Å². The molecular weight excluding hydrogens is 378 g/mol. The van der Waals surface area contributed by atoms with Crippen molar-refractivity contribution in [3.05, 3.63) is 54.4 Å². The first-order valence-corrected chi connectivity index (χ1v) is 10.9. The van der Waals surface area contributed by atoms with E-state index in [1.807, 2.05) is 34.9 Å². The lowest BCUT2D eigenvalue weighted by atomic mass is 10.2. The van der Waals surface area contributed by atoms with Gasteiger partial charge in [0, 0.05) is 25.7 Å². The first-order chi connectivity index (χ1) is 14.8. The van der Waals surface area contributed by atoms with Gasteiger partial charge >= 0.3 is 0 Å². The Hall–Kier alpha value is -2.87. The predicted octanol–water partition coefficient (Wildman–Crippen LogP) is 2.65. The van der Waals surface area contributed by atoms with Crippen LogP contribution in [0.2, 0.25) is 0 Å². The van der Waals surface area contributed by atoms with Crippen molar-refractivity contribution in [1.29, 1.82) is 0 Å². The molecule has 1 atom stereocenters. The average molecular weight is 410 g/mol. The molecule has 8 nitrogen and oxygen atoms in total. The SMILES string of the molecule is CCNC(=NCC(c1ccco1)N1CCCC1)NCCCc1nnc2ccccn12. The Balaban J connectivity index is 1.32. The summed E-state index contributed by atoms with van der Waals surface area (Å²) in [5.41, 5.74) is 0.890. The van der Waals surface area contributed by atoms with Crippen molar-refractivity contribution in [2.24, 2.45) is 4.99 Å². The standard InChI is InChI=1S/C22H31N7O/c1-2-23-22(24-12-7-11-21-27-26-20-10-3-4-15-29(20)21)25-17-18(19-9-8-16-30-19)28-13-5-6-14-28/h3-4,8-10,15-16,18H,2,5-7,11-14,17H2,1H3,(H2,23,24,25). The smallest absolute Gasteiger partial charge is 0.191 e. The molecule has 4 heterocycles. The van der Waals surface area contributed by atoms with Gasteiger partial charge in [-0.1, -0.05) is 6.07 Å². The molecule has 2 N–H and O–H groups in total. The Morgan fingerprint density at radius 1 is 1.17 bits per heavy atom. The third-order valence-electron chi connectivity index (χ3n) is 5.47. The van der Waals surface area contributed by atoms with Gasteiger partial charge in [-0.25, -0.2) is 0 Å². The number of aliphatic imine (C=N–C) groups is 1. The zero-order chi connectivity index (χ0) is 20.6. The molecule has 8 heteroatoms. The summed E-state index contributed by atoms with van der Waals surface area (Å²) in [7, 11) is 0. The van der Waals surface area contributed by atoms with E-state index in [9.17, 15) is 0 Å². The highest BCUT2D eigenvalue weighted by Gasteiger charge is 2.25. The van der Waals surface area contributed by atoms with Gasteiger partial charge < -0.3 is 15.1 Å². The van der Waals surface area contributed by atoms with E-state index in [1.54, 1.807) is 6.26 Å². The highest BCUT2D eigenvalue weighted by atomic mass is 16.3. The van der Waals surface area contributed by atoms with E-state index in [-0.39, 0.29) is 6.04 Å². The molecule has 1 aliphatic rings. The fourth-order valence-electron chi connectivity index (χ4n) is 3.95. The third kappa shape index (κ3) is 4.99. The molecule has 0 spiro atoms. The van der Waals surface area contributed by atoms with Crippen molar-refractivity contribution >= 4 is 11.6 Å². The molecule has 1 unspecified atom stereocenters.